The molecule has 0 aliphatic heterocycles. The van der Waals surface area contributed by atoms with Crippen LogP contribution in [0.1, 0.15) is 10.4 Å². The minimum Gasteiger partial charge on any atom is -0.478 e. The number of benzene rings is 2. The third-order valence-electron chi connectivity index (χ3n) is 4.19. The van der Waals surface area contributed by atoms with E-state index in [1.807, 2.05) is 28.7 Å². The third kappa shape index (κ3) is 2.64. The number of aromatic carboxylic acids is 1. The number of nitrogens with one attached hydrogen (secondary N) is 1. The van der Waals surface area contributed by atoms with Crippen molar-refractivity contribution in [2.45, 2.75) is 0 Å². The molecule has 0 radical (unpaired) electrons. The zero-order valence-corrected chi connectivity index (χ0v) is 13.9. The maximum Gasteiger partial charge on any atom is 0.335 e. The van der Waals surface area contributed by atoms with Crippen LogP contribution in [-0.4, -0.2) is 38.5 Å². The van der Waals surface area contributed by atoms with Gasteiger partial charge in [0.1, 0.15) is 0 Å². The number of para-hydroxylation sites is 2. The summed E-state index contributed by atoms with van der Waals surface area (Å²) in [5.74, 6) is -0.278. The highest BCUT2D eigenvalue weighted by atomic mass is 16.4. The molecule has 4 rings (SSSR count). The molecule has 2 heterocycles. The van der Waals surface area contributed by atoms with Gasteiger partial charge >= 0.3 is 5.97 Å². The Balaban J connectivity index is 1.95. The van der Waals surface area contributed by atoms with Gasteiger partial charge in [-0.05, 0) is 24.3 Å². The van der Waals surface area contributed by atoms with Crippen molar-refractivity contribution < 1.29 is 9.90 Å². The quantitative estimate of drug-likeness (QED) is 0.512. The highest BCUT2D eigenvalue weighted by Crippen LogP contribution is 2.28. The zero-order valence-electron chi connectivity index (χ0n) is 13.9. The van der Waals surface area contributed by atoms with Crippen LogP contribution in [0.15, 0.2) is 54.7 Å². The lowest BCUT2D eigenvalue weighted by Crippen LogP contribution is -2.15. The van der Waals surface area contributed by atoms with E-state index in [1.165, 1.54) is 0 Å². The molecule has 4 N–H and O–H groups in total. The average Bonchev–Trinajstić information content (AvgIpc) is 3.12. The Hall–Kier alpha value is -3.45. The lowest BCUT2D eigenvalue weighted by Gasteiger charge is -2.11. The Kier molecular flexibility index (Phi) is 3.98. The van der Waals surface area contributed by atoms with E-state index in [-0.39, 0.29) is 5.56 Å². The molecule has 4 aromatic rings. The van der Waals surface area contributed by atoms with Crippen molar-refractivity contribution in [2.24, 2.45) is 5.73 Å². The van der Waals surface area contributed by atoms with Crippen molar-refractivity contribution in [3.05, 3.63) is 60.3 Å². The van der Waals surface area contributed by atoms with Gasteiger partial charge in [0, 0.05) is 18.7 Å². The molecular weight excluding hydrogens is 330 g/mol. The van der Waals surface area contributed by atoms with Crippen LogP contribution in [0.5, 0.6) is 0 Å². The summed E-state index contributed by atoms with van der Waals surface area (Å²) < 4.78 is 2.02. The molecule has 0 aliphatic rings. The number of carbonyl (C=O) groups is 1. The summed E-state index contributed by atoms with van der Waals surface area (Å²) in [6, 6.07) is 14.6. The molecule has 0 saturated heterocycles. The number of imidazole rings is 1. The Morgan fingerprint density at radius 3 is 2.65 bits per heavy atom. The summed E-state index contributed by atoms with van der Waals surface area (Å²) in [5.41, 5.74) is 10.1. The van der Waals surface area contributed by atoms with E-state index in [0.29, 0.717) is 24.6 Å². The first kappa shape index (κ1) is 16.0. The van der Waals surface area contributed by atoms with Crippen LogP contribution in [0.2, 0.25) is 0 Å². The summed E-state index contributed by atoms with van der Waals surface area (Å²) in [4.78, 5) is 20.3. The predicted octanol–water partition coefficient (Wildman–Crippen LogP) is 2.62. The van der Waals surface area contributed by atoms with Gasteiger partial charge in [-0.25, -0.2) is 14.8 Å². The Bertz CT molecular complexity index is 1100. The number of hydrogen-bond donors (Lipinski definition) is 3. The van der Waals surface area contributed by atoms with E-state index in [4.69, 9.17) is 10.8 Å². The summed E-state index contributed by atoms with van der Waals surface area (Å²) in [6.45, 7) is 1.08. The van der Waals surface area contributed by atoms with Gasteiger partial charge in [0.2, 0.25) is 0 Å². The lowest BCUT2D eigenvalue weighted by molar-refractivity contribution is 0.0697. The fourth-order valence-electron chi connectivity index (χ4n) is 2.98. The van der Waals surface area contributed by atoms with Crippen molar-refractivity contribution >= 4 is 28.5 Å². The van der Waals surface area contributed by atoms with E-state index in [9.17, 15) is 4.79 Å². The highest BCUT2D eigenvalue weighted by molar-refractivity contribution is 5.89. The van der Waals surface area contributed by atoms with Crippen LogP contribution >= 0.6 is 0 Å². The second-order valence-electron chi connectivity index (χ2n) is 5.85. The first-order valence-electron chi connectivity index (χ1n) is 8.23. The van der Waals surface area contributed by atoms with E-state index in [1.54, 1.807) is 30.5 Å². The molecule has 2 aromatic heterocycles. The van der Waals surface area contributed by atoms with Crippen LogP contribution in [0, 0.1) is 0 Å². The zero-order chi connectivity index (χ0) is 18.1. The first-order chi connectivity index (χ1) is 12.7. The van der Waals surface area contributed by atoms with Crippen molar-refractivity contribution in [3.8, 4) is 11.3 Å². The maximum atomic E-state index is 11.1. The second kappa shape index (κ2) is 6.45. The Morgan fingerprint density at radius 1 is 1.15 bits per heavy atom. The topological polar surface area (TPSA) is 106 Å². The van der Waals surface area contributed by atoms with Gasteiger partial charge in [-0.15, -0.1) is 0 Å². The average molecular weight is 347 g/mol. The van der Waals surface area contributed by atoms with E-state index < -0.39 is 5.97 Å². The number of rotatable bonds is 5. The van der Waals surface area contributed by atoms with Gasteiger partial charge in [0.25, 0.3) is 0 Å². The van der Waals surface area contributed by atoms with Gasteiger partial charge in [-0.2, -0.15) is 0 Å². The minimum atomic E-state index is -0.947. The molecule has 0 spiro atoms. The van der Waals surface area contributed by atoms with E-state index >= 15 is 0 Å². The maximum absolute atomic E-state index is 11.1. The number of nitrogens with two attached hydrogens (primary N) is 1. The molecule has 0 atom stereocenters. The number of anilines is 1. The molecule has 26 heavy (non-hydrogen) atoms. The molecule has 0 amide bonds. The third-order valence-corrected chi connectivity index (χ3v) is 4.19. The Morgan fingerprint density at radius 2 is 1.92 bits per heavy atom. The van der Waals surface area contributed by atoms with Gasteiger partial charge in [0.15, 0.2) is 11.5 Å². The van der Waals surface area contributed by atoms with E-state index in [2.05, 4.69) is 15.3 Å². The van der Waals surface area contributed by atoms with Crippen LogP contribution in [0.3, 0.4) is 0 Å². The monoisotopic (exact) mass is 347 g/mol. The molecule has 0 unspecified atom stereocenters. The van der Waals surface area contributed by atoms with Crippen molar-refractivity contribution in [2.75, 3.05) is 18.4 Å². The van der Waals surface area contributed by atoms with Crippen molar-refractivity contribution in [1.29, 1.82) is 0 Å². The first-order valence-corrected chi connectivity index (χ1v) is 8.23. The summed E-state index contributed by atoms with van der Waals surface area (Å²) in [6.07, 6.45) is 1.77. The molecule has 2 aromatic carbocycles. The number of hydrogen-bond acceptors (Lipinski definition) is 5. The van der Waals surface area contributed by atoms with Crippen molar-refractivity contribution in [1.82, 2.24) is 14.4 Å². The van der Waals surface area contributed by atoms with Crippen LogP contribution in [-0.2, 0) is 0 Å². The summed E-state index contributed by atoms with van der Waals surface area (Å²) >= 11 is 0. The van der Waals surface area contributed by atoms with Gasteiger partial charge in [-0.1, -0.05) is 24.3 Å². The number of carboxylic acids is 1. The molecule has 7 nitrogen and oxygen atoms in total. The smallest absolute Gasteiger partial charge is 0.335 e. The van der Waals surface area contributed by atoms with Crippen molar-refractivity contribution in [3.63, 3.8) is 0 Å². The minimum absolute atomic E-state index is 0.249. The van der Waals surface area contributed by atoms with Gasteiger partial charge in [0.05, 0.1) is 28.5 Å². The molecule has 7 heteroatoms. The van der Waals surface area contributed by atoms with Gasteiger partial charge in [-0.3, -0.25) is 4.40 Å². The van der Waals surface area contributed by atoms with Gasteiger partial charge < -0.3 is 16.2 Å². The fourth-order valence-corrected chi connectivity index (χ4v) is 2.98. The standard InChI is InChI=1S/C19H17N5O2/c20-9-10-21-17-18-22-11-16(12-5-7-13(8-6-12)19(25)26)24(18)15-4-2-1-3-14(15)23-17/h1-8,11H,9-10,20H2,(H,21,23)(H,25,26). The second-order valence-corrected chi connectivity index (χ2v) is 5.85. The SMILES string of the molecule is NCCNc1nc2ccccc2n2c(-c3ccc(C(=O)O)cc3)cnc12. The molecule has 0 saturated carbocycles. The number of nitrogens with zero attached hydrogens (tertiary/aromatic N) is 3. The molecule has 0 aliphatic carbocycles. The number of fused-ring (bicyclic) bond motifs is 3. The molecule has 0 bridgehead atoms. The Labute approximate surface area is 149 Å². The predicted molar refractivity (Wildman–Crippen MR) is 100 cm³/mol. The molecule has 130 valence electrons. The summed E-state index contributed by atoms with van der Waals surface area (Å²) in [5, 5.41) is 12.3. The highest BCUT2D eigenvalue weighted by Gasteiger charge is 2.14. The number of carboxylic acid groups (broad SMARTS) is 1. The molecular formula is C19H17N5O2. The van der Waals surface area contributed by atoms with Crippen LogP contribution in [0.25, 0.3) is 27.9 Å². The van der Waals surface area contributed by atoms with E-state index in [0.717, 1.165) is 22.3 Å². The summed E-state index contributed by atoms with van der Waals surface area (Å²) in [7, 11) is 0. The number of aromatic nitrogens is 3. The van der Waals surface area contributed by atoms with Crippen LogP contribution in [0.4, 0.5) is 5.82 Å². The fraction of sp³-hybridized carbons (Fsp3) is 0.105. The molecule has 0 fully saturated rings. The largest absolute Gasteiger partial charge is 0.478 e. The van der Waals surface area contributed by atoms with Crippen LogP contribution < -0.4 is 11.1 Å². The normalized spacial score (nSPS) is 11.1. The lowest BCUT2D eigenvalue weighted by atomic mass is 10.1.